The second kappa shape index (κ2) is 8.13. The minimum atomic E-state index is -0.0110. The SMILES string of the molecule is Cc1cc(NC(=O)CN[C@H]2CCN(C)[C@H]2c2ccccc2)ccc1Br. The Morgan fingerprint density at radius 3 is 2.72 bits per heavy atom. The number of benzene rings is 2. The number of likely N-dealkylation sites (tertiary alicyclic amines) is 1. The van der Waals surface area contributed by atoms with E-state index in [1.807, 2.05) is 31.2 Å². The molecule has 0 unspecified atom stereocenters. The number of carbonyl (C=O) groups excluding carboxylic acids is 1. The number of nitrogens with one attached hydrogen (secondary N) is 2. The minimum Gasteiger partial charge on any atom is -0.325 e. The maximum Gasteiger partial charge on any atom is 0.238 e. The Balaban J connectivity index is 1.58. The van der Waals surface area contributed by atoms with Gasteiger partial charge in [-0.25, -0.2) is 0 Å². The van der Waals surface area contributed by atoms with E-state index in [1.54, 1.807) is 0 Å². The predicted molar refractivity (Wildman–Crippen MR) is 106 cm³/mol. The molecular weight excluding hydrogens is 378 g/mol. The number of nitrogens with zero attached hydrogens (tertiary/aromatic N) is 1. The summed E-state index contributed by atoms with van der Waals surface area (Å²) in [6, 6.07) is 16.9. The summed E-state index contributed by atoms with van der Waals surface area (Å²) in [6.07, 6.45) is 1.04. The van der Waals surface area contributed by atoms with Gasteiger partial charge in [0.25, 0.3) is 0 Å². The third-order valence-corrected chi connectivity index (χ3v) is 5.65. The van der Waals surface area contributed by atoms with Crippen LogP contribution in [0.2, 0.25) is 0 Å². The van der Waals surface area contributed by atoms with Crippen LogP contribution in [0.15, 0.2) is 53.0 Å². The number of aryl methyl sites for hydroxylation is 1. The van der Waals surface area contributed by atoms with Gasteiger partial charge in [0.2, 0.25) is 5.91 Å². The Morgan fingerprint density at radius 1 is 1.24 bits per heavy atom. The maximum atomic E-state index is 12.3. The number of hydrogen-bond acceptors (Lipinski definition) is 3. The fraction of sp³-hybridized carbons (Fsp3) is 0.350. The molecule has 2 atom stereocenters. The van der Waals surface area contributed by atoms with Crippen molar-refractivity contribution in [3.63, 3.8) is 0 Å². The third kappa shape index (κ3) is 4.48. The van der Waals surface area contributed by atoms with Gasteiger partial charge in [-0.3, -0.25) is 9.69 Å². The Morgan fingerprint density at radius 2 is 2.00 bits per heavy atom. The molecule has 3 rings (SSSR count). The molecule has 0 radical (unpaired) electrons. The molecule has 0 saturated carbocycles. The van der Waals surface area contributed by atoms with Crippen molar-refractivity contribution in [2.24, 2.45) is 0 Å². The Kier molecular flexibility index (Phi) is 5.89. The van der Waals surface area contributed by atoms with Gasteiger partial charge in [0.1, 0.15) is 0 Å². The summed E-state index contributed by atoms with van der Waals surface area (Å²) in [5.41, 5.74) is 3.23. The molecule has 25 heavy (non-hydrogen) atoms. The topological polar surface area (TPSA) is 44.4 Å². The summed E-state index contributed by atoms with van der Waals surface area (Å²) >= 11 is 3.48. The second-order valence-electron chi connectivity index (χ2n) is 6.62. The lowest BCUT2D eigenvalue weighted by Crippen LogP contribution is -2.39. The van der Waals surface area contributed by atoms with Gasteiger partial charge in [-0.05, 0) is 49.7 Å². The zero-order chi connectivity index (χ0) is 17.8. The molecule has 0 bridgehead atoms. The van der Waals surface area contributed by atoms with Crippen LogP contribution in [-0.2, 0) is 4.79 Å². The first-order chi connectivity index (χ1) is 12.0. The summed E-state index contributed by atoms with van der Waals surface area (Å²) in [7, 11) is 2.14. The molecule has 4 nitrogen and oxygen atoms in total. The van der Waals surface area contributed by atoms with Gasteiger partial charge in [-0.2, -0.15) is 0 Å². The van der Waals surface area contributed by atoms with Gasteiger partial charge in [-0.15, -0.1) is 0 Å². The molecule has 1 aliphatic heterocycles. The fourth-order valence-electron chi connectivity index (χ4n) is 3.45. The Hall–Kier alpha value is -1.69. The fourth-order valence-corrected chi connectivity index (χ4v) is 3.70. The summed E-state index contributed by atoms with van der Waals surface area (Å²) in [4.78, 5) is 14.6. The van der Waals surface area contributed by atoms with Crippen LogP contribution in [0.25, 0.3) is 0 Å². The first-order valence-corrected chi connectivity index (χ1v) is 9.38. The molecule has 1 aliphatic rings. The van der Waals surface area contributed by atoms with Crippen molar-refractivity contribution in [3.05, 3.63) is 64.1 Å². The Labute approximate surface area is 157 Å². The van der Waals surface area contributed by atoms with E-state index in [2.05, 4.69) is 62.8 Å². The average molecular weight is 402 g/mol. The van der Waals surface area contributed by atoms with E-state index in [0.717, 1.165) is 28.7 Å². The average Bonchev–Trinajstić information content (AvgIpc) is 2.98. The first kappa shape index (κ1) is 18.1. The number of halogens is 1. The number of carbonyl (C=O) groups is 1. The largest absolute Gasteiger partial charge is 0.325 e. The molecule has 5 heteroatoms. The zero-order valence-corrected chi connectivity index (χ0v) is 16.2. The second-order valence-corrected chi connectivity index (χ2v) is 7.48. The van der Waals surface area contributed by atoms with Crippen LogP contribution in [0.4, 0.5) is 5.69 Å². The first-order valence-electron chi connectivity index (χ1n) is 8.59. The predicted octanol–water partition coefficient (Wildman–Crippen LogP) is 3.73. The van der Waals surface area contributed by atoms with E-state index >= 15 is 0 Å². The van der Waals surface area contributed by atoms with Crippen molar-refractivity contribution in [1.29, 1.82) is 0 Å². The molecule has 1 heterocycles. The van der Waals surface area contributed by atoms with Crippen molar-refractivity contribution in [3.8, 4) is 0 Å². The van der Waals surface area contributed by atoms with Crippen LogP contribution in [0, 0.1) is 6.92 Å². The van der Waals surface area contributed by atoms with Crippen molar-refractivity contribution in [2.75, 3.05) is 25.5 Å². The van der Waals surface area contributed by atoms with Gasteiger partial charge in [0.15, 0.2) is 0 Å². The normalized spacial score (nSPS) is 20.6. The number of anilines is 1. The van der Waals surface area contributed by atoms with Crippen molar-refractivity contribution in [1.82, 2.24) is 10.2 Å². The lowest BCUT2D eigenvalue weighted by atomic mass is 10.0. The highest BCUT2D eigenvalue weighted by Gasteiger charge is 2.32. The van der Waals surface area contributed by atoms with E-state index in [-0.39, 0.29) is 11.9 Å². The number of rotatable bonds is 5. The lowest BCUT2D eigenvalue weighted by Gasteiger charge is -2.26. The molecule has 0 spiro atoms. The molecule has 2 N–H and O–H groups in total. The molecule has 0 aliphatic carbocycles. The summed E-state index contributed by atoms with van der Waals surface area (Å²) in [5.74, 6) is -0.0110. The van der Waals surface area contributed by atoms with E-state index in [0.29, 0.717) is 12.6 Å². The van der Waals surface area contributed by atoms with Gasteiger partial charge >= 0.3 is 0 Å². The van der Waals surface area contributed by atoms with Gasteiger partial charge in [0, 0.05) is 28.8 Å². The van der Waals surface area contributed by atoms with E-state index in [4.69, 9.17) is 0 Å². The molecular formula is C20H24BrN3O. The number of likely N-dealkylation sites (N-methyl/N-ethyl adjacent to an activating group) is 1. The summed E-state index contributed by atoms with van der Waals surface area (Å²) in [5, 5.41) is 6.41. The molecule has 1 saturated heterocycles. The smallest absolute Gasteiger partial charge is 0.238 e. The van der Waals surface area contributed by atoms with Crippen molar-refractivity contribution >= 4 is 27.5 Å². The van der Waals surface area contributed by atoms with Crippen LogP contribution >= 0.6 is 15.9 Å². The zero-order valence-electron chi connectivity index (χ0n) is 14.6. The van der Waals surface area contributed by atoms with Crippen molar-refractivity contribution in [2.45, 2.75) is 25.4 Å². The monoisotopic (exact) mass is 401 g/mol. The minimum absolute atomic E-state index is 0.0110. The van der Waals surface area contributed by atoms with E-state index in [9.17, 15) is 4.79 Å². The van der Waals surface area contributed by atoms with Crippen LogP contribution in [0.1, 0.15) is 23.6 Å². The molecule has 1 amide bonds. The highest BCUT2D eigenvalue weighted by atomic mass is 79.9. The number of amides is 1. The number of hydrogen-bond donors (Lipinski definition) is 2. The van der Waals surface area contributed by atoms with Crippen LogP contribution in [0.5, 0.6) is 0 Å². The highest BCUT2D eigenvalue weighted by Crippen LogP contribution is 2.30. The van der Waals surface area contributed by atoms with Gasteiger partial charge in [-0.1, -0.05) is 46.3 Å². The van der Waals surface area contributed by atoms with Crippen molar-refractivity contribution < 1.29 is 4.79 Å². The van der Waals surface area contributed by atoms with Gasteiger partial charge < -0.3 is 10.6 Å². The summed E-state index contributed by atoms with van der Waals surface area (Å²) in [6.45, 7) is 3.36. The lowest BCUT2D eigenvalue weighted by molar-refractivity contribution is -0.115. The molecule has 132 valence electrons. The quantitative estimate of drug-likeness (QED) is 0.801. The van der Waals surface area contributed by atoms with E-state index < -0.39 is 0 Å². The van der Waals surface area contributed by atoms with Gasteiger partial charge in [0.05, 0.1) is 6.54 Å². The highest BCUT2D eigenvalue weighted by molar-refractivity contribution is 9.10. The standard InChI is InChI=1S/C20H24BrN3O/c1-14-12-16(8-9-17(14)21)23-19(25)13-22-18-10-11-24(2)20(18)15-6-4-3-5-7-15/h3-9,12,18,20,22H,10-11,13H2,1-2H3,(H,23,25)/t18-,20-/m0/s1. The third-order valence-electron chi connectivity index (χ3n) is 4.76. The van der Waals surface area contributed by atoms with E-state index in [1.165, 1.54) is 5.56 Å². The maximum absolute atomic E-state index is 12.3. The summed E-state index contributed by atoms with van der Waals surface area (Å²) < 4.78 is 1.04. The van der Waals surface area contributed by atoms with Crippen LogP contribution < -0.4 is 10.6 Å². The molecule has 0 aromatic heterocycles. The molecule has 2 aromatic carbocycles. The molecule has 2 aromatic rings. The van der Waals surface area contributed by atoms with Crippen LogP contribution in [0.3, 0.4) is 0 Å². The van der Waals surface area contributed by atoms with Crippen LogP contribution in [-0.4, -0.2) is 37.0 Å². The molecule has 1 fully saturated rings. The Bertz CT molecular complexity index is 735.